The number of ether oxygens (including phenoxy) is 5. The molecule has 1 heterocycles. The highest BCUT2D eigenvalue weighted by atomic mass is 16.6. The van der Waals surface area contributed by atoms with E-state index in [0.717, 1.165) is 0 Å². The molecule has 6 fully saturated rings. The van der Waals surface area contributed by atoms with Crippen LogP contribution in [-0.2, 0) is 23.7 Å². The summed E-state index contributed by atoms with van der Waals surface area (Å²) in [6.45, 7) is 0.760. The number of fused-ring (bicyclic) bond motifs is 2. The molecule has 5 saturated carbocycles. The second kappa shape index (κ2) is 9.42. The molecule has 15 atom stereocenters. The lowest BCUT2D eigenvalue weighted by molar-refractivity contribution is -0.318. The van der Waals surface area contributed by atoms with Gasteiger partial charge in [-0.15, -0.1) is 0 Å². The number of hydrogen-bond acceptors (Lipinski definition) is 11. The van der Waals surface area contributed by atoms with Gasteiger partial charge in [-0.05, 0) is 31.5 Å². The average molecular weight is 590 g/mol. The molecule has 0 unspecified atom stereocenters. The van der Waals surface area contributed by atoms with E-state index in [9.17, 15) is 25.2 Å². The molecule has 7 bridgehead atoms. The van der Waals surface area contributed by atoms with Gasteiger partial charge < -0.3 is 49.0 Å². The Labute approximate surface area is 245 Å². The van der Waals surface area contributed by atoms with E-state index in [-0.39, 0.29) is 25.0 Å². The fourth-order valence-corrected chi connectivity index (χ4v) is 11.8. The van der Waals surface area contributed by atoms with E-state index in [4.69, 9.17) is 23.7 Å². The van der Waals surface area contributed by atoms with E-state index >= 15 is 0 Å². The SMILES string of the molecule is COC[C@@]12CN(C)[C@H]3[C@H]4[C@@H](OC)[C@@H]1[C@]3([C@H](OC)C[C@@H]2O)[C@H]1C[C@@]2(O)[C@H](OC)[C@@H](O)[C@]4(O)[C@@H]1[C@@H]2OC(=O)c1ccccc1. The summed E-state index contributed by atoms with van der Waals surface area (Å²) < 4.78 is 30.3. The molecule has 1 spiro atoms. The summed E-state index contributed by atoms with van der Waals surface area (Å²) in [7, 11) is 8.22. The van der Waals surface area contributed by atoms with Gasteiger partial charge in [0.15, 0.2) is 0 Å². The van der Waals surface area contributed by atoms with Crippen molar-refractivity contribution in [3.8, 4) is 0 Å². The molecule has 11 heteroatoms. The minimum absolute atomic E-state index is 0.102. The molecule has 1 aromatic rings. The summed E-state index contributed by atoms with van der Waals surface area (Å²) >= 11 is 0. The number of piperidine rings is 1. The zero-order chi connectivity index (χ0) is 30.0. The molecule has 4 N–H and O–H groups in total. The first-order chi connectivity index (χ1) is 20.0. The number of benzene rings is 1. The first kappa shape index (κ1) is 29.1. The molecule has 11 nitrogen and oxygen atoms in total. The number of carbonyl (C=O) groups is 1. The Bertz CT molecular complexity index is 1240. The van der Waals surface area contributed by atoms with Gasteiger partial charge in [0.05, 0.1) is 30.5 Å². The molecule has 1 saturated heterocycles. The summed E-state index contributed by atoms with van der Waals surface area (Å²) in [5.41, 5.74) is -4.81. The van der Waals surface area contributed by atoms with Crippen molar-refractivity contribution in [1.82, 2.24) is 4.90 Å². The van der Waals surface area contributed by atoms with E-state index in [1.54, 1.807) is 51.7 Å². The third-order valence-electron chi connectivity index (χ3n) is 12.6. The van der Waals surface area contributed by atoms with Crippen LogP contribution in [0.2, 0.25) is 0 Å². The second-order valence-corrected chi connectivity index (χ2v) is 13.7. The molecule has 42 heavy (non-hydrogen) atoms. The second-order valence-electron chi connectivity index (χ2n) is 13.7. The van der Waals surface area contributed by atoms with Crippen molar-refractivity contribution in [1.29, 1.82) is 0 Å². The highest BCUT2D eigenvalue weighted by Gasteiger charge is 2.91. The number of aliphatic hydroxyl groups is 4. The minimum Gasteiger partial charge on any atom is -0.455 e. The zero-order valence-corrected chi connectivity index (χ0v) is 24.8. The largest absolute Gasteiger partial charge is 0.455 e. The van der Waals surface area contributed by atoms with Gasteiger partial charge in [0, 0.05) is 76.0 Å². The van der Waals surface area contributed by atoms with Gasteiger partial charge in [-0.25, -0.2) is 4.79 Å². The van der Waals surface area contributed by atoms with Crippen LogP contribution in [-0.4, -0.2) is 134 Å². The zero-order valence-electron chi connectivity index (χ0n) is 24.8. The van der Waals surface area contributed by atoms with Crippen molar-refractivity contribution in [3.05, 3.63) is 35.9 Å². The average Bonchev–Trinajstić information content (AvgIpc) is 3.37. The van der Waals surface area contributed by atoms with Gasteiger partial charge in [-0.3, -0.25) is 0 Å². The Morgan fingerprint density at radius 3 is 2.33 bits per heavy atom. The van der Waals surface area contributed by atoms with E-state index in [1.807, 2.05) is 7.05 Å². The summed E-state index contributed by atoms with van der Waals surface area (Å²) in [5, 5.41) is 49.4. The van der Waals surface area contributed by atoms with Gasteiger partial charge in [0.25, 0.3) is 0 Å². The van der Waals surface area contributed by atoms with Crippen LogP contribution in [0.3, 0.4) is 0 Å². The monoisotopic (exact) mass is 589 g/mol. The van der Waals surface area contributed by atoms with E-state index in [2.05, 4.69) is 4.90 Å². The Kier molecular flexibility index (Phi) is 6.52. The van der Waals surface area contributed by atoms with Crippen molar-refractivity contribution in [3.63, 3.8) is 0 Å². The predicted molar refractivity (Wildman–Crippen MR) is 146 cm³/mol. The quantitative estimate of drug-likeness (QED) is 0.311. The normalized spacial score (nSPS) is 53.7. The fraction of sp³-hybridized carbons (Fsp3) is 0.774. The lowest BCUT2D eigenvalue weighted by Crippen LogP contribution is -2.80. The van der Waals surface area contributed by atoms with Crippen LogP contribution in [0.25, 0.3) is 0 Å². The lowest BCUT2D eigenvalue weighted by Gasteiger charge is -2.69. The lowest BCUT2D eigenvalue weighted by atomic mass is 9.42. The van der Waals surface area contributed by atoms with Gasteiger partial charge in [-0.1, -0.05) is 18.2 Å². The van der Waals surface area contributed by atoms with E-state index in [1.165, 1.54) is 7.11 Å². The molecular formula is C31H43NO10. The smallest absolute Gasteiger partial charge is 0.338 e. The Morgan fingerprint density at radius 2 is 1.71 bits per heavy atom. The van der Waals surface area contributed by atoms with Crippen molar-refractivity contribution >= 4 is 5.97 Å². The van der Waals surface area contributed by atoms with Crippen LogP contribution >= 0.6 is 0 Å². The maximum Gasteiger partial charge on any atom is 0.338 e. The maximum atomic E-state index is 13.5. The standard InChI is InChI=1S/C31H43NO10/c1-32-13-28(14-38-2)17(33)11-18(39-3)30-16-12-29(36)25(42-27(35)15-9-7-6-8-10-15)19(16)31(37,24(34)26(29)41-5)20(23(30)32)21(40-4)22(28)30/h6-10,16-26,33-34,36-37H,11-14H2,1-5H3/t16-,17-,18+,19-,20+,21+,22-,23-,24+,25-,26+,28+,29-,30+,31-/m0/s1. The number of aliphatic hydroxyl groups excluding tert-OH is 2. The molecule has 0 aromatic heterocycles. The van der Waals surface area contributed by atoms with Crippen LogP contribution < -0.4 is 0 Å². The predicted octanol–water partition coefficient (Wildman–Crippen LogP) is -0.313. The van der Waals surface area contributed by atoms with E-state index < -0.39 is 82.4 Å². The summed E-state index contributed by atoms with van der Waals surface area (Å²) in [4.78, 5) is 15.7. The first-order valence-electron chi connectivity index (χ1n) is 14.9. The number of methoxy groups -OCH3 is 4. The van der Waals surface area contributed by atoms with Gasteiger partial charge in [-0.2, -0.15) is 0 Å². The van der Waals surface area contributed by atoms with Crippen molar-refractivity contribution in [2.24, 2.45) is 34.5 Å². The number of rotatable bonds is 7. The molecule has 7 rings (SSSR count). The minimum atomic E-state index is -1.86. The highest BCUT2D eigenvalue weighted by molar-refractivity contribution is 5.89. The molecule has 6 aliphatic rings. The summed E-state index contributed by atoms with van der Waals surface area (Å²) in [5.74, 6) is -2.96. The molecule has 1 aromatic carbocycles. The molecule has 5 aliphatic carbocycles. The number of esters is 1. The summed E-state index contributed by atoms with van der Waals surface area (Å²) in [6, 6.07) is 8.22. The van der Waals surface area contributed by atoms with Crippen LogP contribution in [0, 0.1) is 34.5 Å². The van der Waals surface area contributed by atoms with Crippen LogP contribution in [0.15, 0.2) is 30.3 Å². The molecular weight excluding hydrogens is 546 g/mol. The number of likely N-dealkylation sites (tertiary alicyclic amines) is 1. The maximum absolute atomic E-state index is 13.5. The third kappa shape index (κ3) is 3.05. The van der Waals surface area contributed by atoms with Gasteiger partial charge >= 0.3 is 5.97 Å². The molecule has 232 valence electrons. The topological polar surface area (TPSA) is 147 Å². The Morgan fingerprint density at radius 1 is 1.00 bits per heavy atom. The van der Waals surface area contributed by atoms with Crippen molar-refractivity contribution in [2.75, 3.05) is 48.6 Å². The highest BCUT2D eigenvalue weighted by Crippen LogP contribution is 2.80. The molecule has 1 aliphatic heterocycles. The summed E-state index contributed by atoms with van der Waals surface area (Å²) in [6.07, 6.45) is -5.28. The Balaban J connectivity index is 1.47. The van der Waals surface area contributed by atoms with Crippen LogP contribution in [0.1, 0.15) is 23.2 Å². The first-order valence-corrected chi connectivity index (χ1v) is 14.9. The number of nitrogens with zero attached hydrogens (tertiary/aromatic N) is 1. The van der Waals surface area contributed by atoms with Gasteiger partial charge in [0.1, 0.15) is 29.5 Å². The van der Waals surface area contributed by atoms with Crippen LogP contribution in [0.4, 0.5) is 0 Å². The van der Waals surface area contributed by atoms with Crippen LogP contribution in [0.5, 0.6) is 0 Å². The Hall–Kier alpha value is -1.67. The van der Waals surface area contributed by atoms with E-state index in [0.29, 0.717) is 18.5 Å². The van der Waals surface area contributed by atoms with Crippen molar-refractivity contribution in [2.45, 2.75) is 66.7 Å². The number of hydrogen-bond donors (Lipinski definition) is 4. The number of carbonyl (C=O) groups excluding carboxylic acids is 1. The van der Waals surface area contributed by atoms with Gasteiger partial charge in [0.2, 0.25) is 0 Å². The molecule has 0 amide bonds. The van der Waals surface area contributed by atoms with Crippen molar-refractivity contribution < 1.29 is 48.9 Å². The molecule has 0 radical (unpaired) electrons. The fourth-order valence-electron chi connectivity index (χ4n) is 11.8. The third-order valence-corrected chi connectivity index (χ3v) is 12.6.